The lowest BCUT2D eigenvalue weighted by atomic mass is 9.89. The zero-order valence-electron chi connectivity index (χ0n) is 11.5. The van der Waals surface area contributed by atoms with Gasteiger partial charge in [0.2, 0.25) is 10.0 Å². The number of halogens is 2. The van der Waals surface area contributed by atoms with Crippen molar-refractivity contribution in [3.8, 4) is 0 Å². The molecule has 1 rings (SSSR count). The largest absolute Gasteiger partial charge is 0.477 e. The molecule has 2 N–H and O–H groups in total. The lowest BCUT2D eigenvalue weighted by molar-refractivity contribution is -0.207. The van der Waals surface area contributed by atoms with E-state index in [1.54, 1.807) is 0 Å². The van der Waals surface area contributed by atoms with Gasteiger partial charge in [0, 0.05) is 14.1 Å². The number of sulfonamides is 1. The Hall–Kier alpha value is -1.58. The van der Waals surface area contributed by atoms with Gasteiger partial charge in [-0.05, 0) is 24.6 Å². The maximum atomic E-state index is 13.5. The summed E-state index contributed by atoms with van der Waals surface area (Å²) in [4.78, 5) is 10.4. The molecule has 0 bridgehead atoms. The molecule has 1 aromatic rings. The fourth-order valence-electron chi connectivity index (χ4n) is 1.55. The van der Waals surface area contributed by atoms with Crippen molar-refractivity contribution in [2.45, 2.75) is 23.3 Å². The van der Waals surface area contributed by atoms with Gasteiger partial charge < -0.3 is 10.2 Å². The van der Waals surface area contributed by atoms with Crippen molar-refractivity contribution in [3.63, 3.8) is 0 Å². The second-order valence-corrected chi connectivity index (χ2v) is 6.92. The van der Waals surface area contributed by atoms with Crippen LogP contribution in [0.15, 0.2) is 29.2 Å². The van der Waals surface area contributed by atoms with Gasteiger partial charge in [-0.3, -0.25) is 0 Å². The Kier molecular flexibility index (Phi) is 4.42. The highest BCUT2D eigenvalue weighted by Crippen LogP contribution is 2.37. The molecule has 0 fully saturated rings. The maximum Gasteiger partial charge on any atom is 0.378 e. The third-order valence-electron chi connectivity index (χ3n) is 3.07. The number of carbonyl (C=O) groups is 1. The smallest absolute Gasteiger partial charge is 0.378 e. The highest BCUT2D eigenvalue weighted by Gasteiger charge is 2.56. The van der Waals surface area contributed by atoms with Gasteiger partial charge in [0.1, 0.15) is 0 Å². The van der Waals surface area contributed by atoms with Crippen LogP contribution in [-0.2, 0) is 20.4 Å². The van der Waals surface area contributed by atoms with Crippen molar-refractivity contribution in [2.75, 3.05) is 14.1 Å². The van der Waals surface area contributed by atoms with E-state index < -0.39 is 33.1 Å². The van der Waals surface area contributed by atoms with Crippen LogP contribution in [0.4, 0.5) is 8.78 Å². The molecular formula is C12H15F2NO5S. The topological polar surface area (TPSA) is 94.9 Å². The summed E-state index contributed by atoms with van der Waals surface area (Å²) in [6.07, 6.45) is 0. The van der Waals surface area contributed by atoms with Crippen molar-refractivity contribution in [2.24, 2.45) is 0 Å². The zero-order valence-corrected chi connectivity index (χ0v) is 12.4. The highest BCUT2D eigenvalue weighted by molar-refractivity contribution is 7.89. The molecule has 1 unspecified atom stereocenters. The Morgan fingerprint density at radius 3 is 1.95 bits per heavy atom. The van der Waals surface area contributed by atoms with E-state index in [-0.39, 0.29) is 4.90 Å². The molecule has 0 aliphatic carbocycles. The number of carboxylic acids is 1. The third kappa shape index (κ3) is 2.89. The predicted molar refractivity (Wildman–Crippen MR) is 69.5 cm³/mol. The summed E-state index contributed by atoms with van der Waals surface area (Å²) in [6, 6.07) is 3.95. The van der Waals surface area contributed by atoms with Crippen LogP contribution in [0.5, 0.6) is 0 Å². The number of nitrogens with zero attached hydrogens (tertiary/aromatic N) is 1. The molecule has 0 amide bonds. The Morgan fingerprint density at radius 2 is 1.62 bits per heavy atom. The second kappa shape index (κ2) is 5.32. The van der Waals surface area contributed by atoms with Gasteiger partial charge in [-0.2, -0.15) is 8.78 Å². The van der Waals surface area contributed by atoms with Crippen molar-refractivity contribution >= 4 is 16.0 Å². The minimum Gasteiger partial charge on any atom is -0.477 e. The third-order valence-corrected chi connectivity index (χ3v) is 4.90. The van der Waals surface area contributed by atoms with Crippen LogP contribution >= 0.6 is 0 Å². The van der Waals surface area contributed by atoms with E-state index in [1.807, 2.05) is 0 Å². The molecule has 0 saturated carbocycles. The van der Waals surface area contributed by atoms with Crippen molar-refractivity contribution in [3.05, 3.63) is 29.8 Å². The van der Waals surface area contributed by atoms with E-state index in [0.717, 1.165) is 28.6 Å². The van der Waals surface area contributed by atoms with Crippen LogP contribution in [0, 0.1) is 0 Å². The quantitative estimate of drug-likeness (QED) is 0.838. The van der Waals surface area contributed by atoms with Gasteiger partial charge in [0.25, 0.3) is 0 Å². The second-order valence-electron chi connectivity index (χ2n) is 4.76. The van der Waals surface area contributed by atoms with Crippen LogP contribution in [0.3, 0.4) is 0 Å². The van der Waals surface area contributed by atoms with E-state index in [1.165, 1.54) is 14.1 Å². The summed E-state index contributed by atoms with van der Waals surface area (Å²) in [7, 11) is -1.14. The van der Waals surface area contributed by atoms with Crippen LogP contribution < -0.4 is 0 Å². The first-order valence-electron chi connectivity index (χ1n) is 5.72. The number of hydrogen-bond donors (Lipinski definition) is 2. The van der Waals surface area contributed by atoms with Crippen LogP contribution in [0.2, 0.25) is 0 Å². The zero-order chi connectivity index (χ0) is 16.6. The van der Waals surface area contributed by atoms with Crippen molar-refractivity contribution in [1.29, 1.82) is 0 Å². The number of hydrogen-bond acceptors (Lipinski definition) is 4. The number of rotatable bonds is 5. The molecular weight excluding hydrogens is 308 g/mol. The first-order valence-corrected chi connectivity index (χ1v) is 7.16. The van der Waals surface area contributed by atoms with Gasteiger partial charge in [-0.1, -0.05) is 12.1 Å². The molecule has 0 aliphatic rings. The van der Waals surface area contributed by atoms with E-state index >= 15 is 0 Å². The predicted octanol–water partition coefficient (Wildman–Crippen LogP) is 0.864. The van der Waals surface area contributed by atoms with E-state index in [4.69, 9.17) is 5.11 Å². The minimum absolute atomic E-state index is 0.161. The molecule has 1 atom stereocenters. The molecule has 21 heavy (non-hydrogen) atoms. The molecule has 0 saturated heterocycles. The van der Waals surface area contributed by atoms with Crippen molar-refractivity contribution < 1.29 is 32.2 Å². The van der Waals surface area contributed by atoms with Crippen LogP contribution in [-0.4, -0.2) is 48.9 Å². The number of benzene rings is 1. The van der Waals surface area contributed by atoms with E-state index in [9.17, 15) is 27.1 Å². The molecule has 9 heteroatoms. The summed E-state index contributed by atoms with van der Waals surface area (Å²) in [5.74, 6) is -6.90. The van der Waals surface area contributed by atoms with Gasteiger partial charge >= 0.3 is 11.9 Å². The van der Waals surface area contributed by atoms with Gasteiger partial charge in [-0.25, -0.2) is 17.5 Å². The summed E-state index contributed by atoms with van der Waals surface area (Å²) < 4.78 is 51.6. The number of aliphatic hydroxyl groups is 1. The molecule has 1 aromatic carbocycles. The fourth-order valence-corrected chi connectivity index (χ4v) is 2.45. The summed E-state index contributed by atoms with van der Waals surface area (Å²) in [5, 5.41) is 18.3. The van der Waals surface area contributed by atoms with Crippen LogP contribution in [0.1, 0.15) is 12.5 Å². The first kappa shape index (κ1) is 17.5. The molecule has 0 aromatic heterocycles. The summed E-state index contributed by atoms with van der Waals surface area (Å²) in [5.41, 5.74) is -3.38. The average molecular weight is 323 g/mol. The first-order chi connectivity index (χ1) is 9.35. The Balaban J connectivity index is 3.29. The minimum atomic E-state index is -4.42. The molecule has 0 radical (unpaired) electrons. The Labute approximate surface area is 120 Å². The van der Waals surface area contributed by atoms with Gasteiger partial charge in [0.15, 0.2) is 5.60 Å². The summed E-state index contributed by atoms with van der Waals surface area (Å²) in [6.45, 7) is 0.649. The molecule has 6 nitrogen and oxygen atoms in total. The number of alkyl halides is 2. The van der Waals surface area contributed by atoms with E-state index in [2.05, 4.69) is 0 Å². The molecule has 118 valence electrons. The molecule has 0 heterocycles. The van der Waals surface area contributed by atoms with Gasteiger partial charge in [-0.15, -0.1) is 0 Å². The number of aliphatic carboxylic acids is 1. The van der Waals surface area contributed by atoms with E-state index in [0.29, 0.717) is 6.92 Å². The lowest BCUT2D eigenvalue weighted by Crippen LogP contribution is -2.48. The Bertz CT molecular complexity index is 638. The molecule has 0 spiro atoms. The van der Waals surface area contributed by atoms with Crippen LogP contribution in [0.25, 0.3) is 0 Å². The number of carboxylic acid groups (broad SMARTS) is 1. The highest BCUT2D eigenvalue weighted by atomic mass is 32.2. The Morgan fingerprint density at radius 1 is 1.19 bits per heavy atom. The monoisotopic (exact) mass is 323 g/mol. The molecule has 0 aliphatic heterocycles. The SMILES string of the molecule is CN(C)S(=O)(=O)c1ccc(C(C)(O)C(F)(F)C(=O)O)cc1. The lowest BCUT2D eigenvalue weighted by Gasteiger charge is -2.29. The normalized spacial score (nSPS) is 15.8. The maximum absolute atomic E-state index is 13.5. The van der Waals surface area contributed by atoms with Crippen molar-refractivity contribution in [1.82, 2.24) is 4.31 Å². The fraction of sp³-hybridized carbons (Fsp3) is 0.417. The van der Waals surface area contributed by atoms with Gasteiger partial charge in [0.05, 0.1) is 4.90 Å². The average Bonchev–Trinajstić information content (AvgIpc) is 2.38. The summed E-state index contributed by atoms with van der Waals surface area (Å²) >= 11 is 0. The standard InChI is InChI=1S/C12H15F2NO5S/c1-11(18,12(13,14)10(16)17)8-4-6-9(7-5-8)21(19,20)15(2)3/h4-7,18H,1-3H3,(H,16,17).